The minimum atomic E-state index is 0.0187. The quantitative estimate of drug-likeness (QED) is 0.196. The normalized spacial score (nSPS) is 37.0. The molecular formula is C30H44O3. The van der Waals surface area contributed by atoms with Crippen LogP contribution in [0.2, 0.25) is 0 Å². The van der Waals surface area contributed by atoms with Crippen LogP contribution in [0.15, 0.2) is 36.5 Å². The average molecular weight is 453 g/mol. The molecule has 6 atom stereocenters. The van der Waals surface area contributed by atoms with Gasteiger partial charge < -0.3 is 4.74 Å². The van der Waals surface area contributed by atoms with Gasteiger partial charge in [0.25, 0.3) is 0 Å². The van der Waals surface area contributed by atoms with E-state index in [1.165, 1.54) is 50.5 Å². The molecule has 182 valence electrons. The van der Waals surface area contributed by atoms with E-state index in [0.29, 0.717) is 24.2 Å². The largest absolute Gasteiger partial charge is 0.462 e. The highest BCUT2D eigenvalue weighted by atomic mass is 16.5. The van der Waals surface area contributed by atoms with Crippen molar-refractivity contribution >= 4 is 11.8 Å². The Morgan fingerprint density at radius 1 is 1.06 bits per heavy atom. The molecule has 0 spiro atoms. The summed E-state index contributed by atoms with van der Waals surface area (Å²) >= 11 is 0. The molecule has 0 saturated heterocycles. The third-order valence-corrected chi connectivity index (χ3v) is 9.78. The highest BCUT2D eigenvalue weighted by Gasteiger charge is 2.59. The summed E-state index contributed by atoms with van der Waals surface area (Å²) in [6.07, 6.45) is 23.4. The van der Waals surface area contributed by atoms with E-state index in [9.17, 15) is 9.59 Å². The van der Waals surface area contributed by atoms with Crippen LogP contribution in [0, 0.1) is 28.6 Å². The van der Waals surface area contributed by atoms with Gasteiger partial charge in [-0.2, -0.15) is 0 Å². The summed E-state index contributed by atoms with van der Waals surface area (Å²) in [7, 11) is 0. The predicted octanol–water partition coefficient (Wildman–Crippen LogP) is 7.51. The Balaban J connectivity index is 1.28. The van der Waals surface area contributed by atoms with Gasteiger partial charge in [-0.3, -0.25) is 9.59 Å². The molecule has 0 N–H and O–H groups in total. The van der Waals surface area contributed by atoms with Crippen LogP contribution in [0.25, 0.3) is 0 Å². The van der Waals surface area contributed by atoms with Crippen molar-refractivity contribution in [3.63, 3.8) is 0 Å². The molecule has 3 nitrogen and oxygen atoms in total. The summed E-state index contributed by atoms with van der Waals surface area (Å²) in [4.78, 5) is 24.6. The third kappa shape index (κ3) is 4.93. The van der Waals surface area contributed by atoms with E-state index < -0.39 is 0 Å². The van der Waals surface area contributed by atoms with Gasteiger partial charge in [0.15, 0.2) is 5.78 Å². The van der Waals surface area contributed by atoms with Crippen molar-refractivity contribution < 1.29 is 14.3 Å². The van der Waals surface area contributed by atoms with E-state index in [-0.39, 0.29) is 28.7 Å². The van der Waals surface area contributed by atoms with Gasteiger partial charge in [-0.1, -0.05) is 57.3 Å². The van der Waals surface area contributed by atoms with Crippen molar-refractivity contribution in [2.75, 3.05) is 0 Å². The lowest BCUT2D eigenvalue weighted by molar-refractivity contribution is -0.159. The maximum Gasteiger partial charge on any atom is 0.306 e. The average Bonchev–Trinajstić information content (AvgIpc) is 3.12. The second-order valence-corrected chi connectivity index (χ2v) is 11.7. The van der Waals surface area contributed by atoms with E-state index >= 15 is 0 Å². The molecule has 4 aliphatic carbocycles. The minimum Gasteiger partial charge on any atom is -0.462 e. The monoisotopic (exact) mass is 452 g/mol. The molecule has 4 rings (SSSR count). The Morgan fingerprint density at radius 3 is 2.61 bits per heavy atom. The number of hydrogen-bond donors (Lipinski definition) is 0. The van der Waals surface area contributed by atoms with Crippen molar-refractivity contribution in [1.82, 2.24) is 0 Å². The minimum absolute atomic E-state index is 0.0187. The number of unbranched alkanes of at least 4 members (excludes halogenated alkanes) is 6. The molecule has 0 aromatic heterocycles. The summed E-state index contributed by atoms with van der Waals surface area (Å²) in [5.41, 5.74) is 1.51. The molecule has 0 radical (unpaired) electrons. The summed E-state index contributed by atoms with van der Waals surface area (Å²) in [5.74, 6) is 2.09. The van der Waals surface area contributed by atoms with Crippen LogP contribution in [0.5, 0.6) is 0 Å². The SMILES string of the molecule is C=CCCCCCCCCC(=O)O[C@H]1CC[C@H]2C3CCC4=CC(=O)C=CC4(C)[C@H]3CCC12C. The van der Waals surface area contributed by atoms with E-state index in [0.717, 1.165) is 38.5 Å². The number of esters is 1. The topological polar surface area (TPSA) is 43.4 Å². The molecule has 0 aromatic rings. The standard InChI is InChI=1S/C30H44O3/c1-4-5-6-7-8-9-10-11-12-28(32)33-27-16-15-25-24-14-13-22-21-23(31)17-19-29(22,2)26(24)18-20-30(25,27)3/h4,17,19,21,24-27H,1,5-16,18,20H2,2-3H3/t24?,25-,26-,27-,29?,30?/m0/s1. The lowest BCUT2D eigenvalue weighted by atomic mass is 9.48. The van der Waals surface area contributed by atoms with E-state index in [1.54, 1.807) is 6.08 Å². The first-order valence-corrected chi connectivity index (χ1v) is 13.6. The number of rotatable bonds is 10. The maximum absolute atomic E-state index is 12.7. The molecule has 0 amide bonds. The maximum atomic E-state index is 12.7. The Kier molecular flexibility index (Phi) is 7.66. The Labute approximate surface area is 201 Å². The van der Waals surface area contributed by atoms with Gasteiger partial charge in [-0.05, 0) is 87.7 Å². The molecule has 33 heavy (non-hydrogen) atoms. The first-order valence-electron chi connectivity index (χ1n) is 13.6. The second kappa shape index (κ2) is 10.3. The first-order chi connectivity index (χ1) is 15.9. The van der Waals surface area contributed by atoms with Crippen molar-refractivity contribution in [1.29, 1.82) is 0 Å². The molecule has 0 aliphatic heterocycles. The zero-order valence-electron chi connectivity index (χ0n) is 21.0. The summed E-state index contributed by atoms with van der Waals surface area (Å²) in [6, 6.07) is 0. The van der Waals surface area contributed by atoms with Gasteiger partial charge in [0.05, 0.1) is 0 Å². The number of ether oxygens (including phenoxy) is 1. The zero-order valence-corrected chi connectivity index (χ0v) is 21.0. The van der Waals surface area contributed by atoms with Crippen LogP contribution in [0.4, 0.5) is 0 Å². The van der Waals surface area contributed by atoms with E-state index in [4.69, 9.17) is 4.74 Å². The van der Waals surface area contributed by atoms with Crippen LogP contribution >= 0.6 is 0 Å². The van der Waals surface area contributed by atoms with Gasteiger partial charge in [0.1, 0.15) is 6.10 Å². The highest BCUT2D eigenvalue weighted by molar-refractivity contribution is 6.01. The van der Waals surface area contributed by atoms with Gasteiger partial charge in [0.2, 0.25) is 0 Å². The smallest absolute Gasteiger partial charge is 0.306 e. The van der Waals surface area contributed by atoms with Gasteiger partial charge in [0, 0.05) is 17.3 Å². The van der Waals surface area contributed by atoms with Crippen LogP contribution in [-0.4, -0.2) is 17.9 Å². The van der Waals surface area contributed by atoms with Crippen molar-refractivity contribution in [2.45, 2.75) is 110 Å². The van der Waals surface area contributed by atoms with E-state index in [2.05, 4.69) is 26.5 Å². The summed E-state index contributed by atoms with van der Waals surface area (Å²) in [6.45, 7) is 8.53. The molecule has 0 heterocycles. The van der Waals surface area contributed by atoms with Crippen LogP contribution in [0.3, 0.4) is 0 Å². The Morgan fingerprint density at radius 2 is 1.82 bits per heavy atom. The van der Waals surface area contributed by atoms with Crippen LogP contribution in [-0.2, 0) is 14.3 Å². The van der Waals surface area contributed by atoms with E-state index in [1.807, 2.05) is 12.2 Å². The van der Waals surface area contributed by atoms with Crippen LogP contribution in [0.1, 0.15) is 104 Å². The number of carbonyl (C=O) groups excluding carboxylic acids is 2. The molecule has 3 heteroatoms. The number of hydrogen-bond acceptors (Lipinski definition) is 3. The molecule has 0 aromatic carbocycles. The zero-order chi connectivity index (χ0) is 23.5. The fraction of sp³-hybridized carbons (Fsp3) is 0.733. The number of allylic oxidation sites excluding steroid dienone is 5. The fourth-order valence-electron chi connectivity index (χ4n) is 7.83. The third-order valence-electron chi connectivity index (χ3n) is 9.78. The van der Waals surface area contributed by atoms with Crippen molar-refractivity contribution in [3.8, 4) is 0 Å². The van der Waals surface area contributed by atoms with Crippen molar-refractivity contribution in [3.05, 3.63) is 36.5 Å². The Bertz CT molecular complexity index is 807. The predicted molar refractivity (Wildman–Crippen MR) is 134 cm³/mol. The van der Waals surface area contributed by atoms with Gasteiger partial charge >= 0.3 is 5.97 Å². The molecule has 3 fully saturated rings. The summed E-state index contributed by atoms with van der Waals surface area (Å²) < 4.78 is 6.15. The molecular weight excluding hydrogens is 408 g/mol. The molecule has 4 aliphatic rings. The highest BCUT2D eigenvalue weighted by Crippen LogP contribution is 2.64. The molecule has 3 unspecified atom stereocenters. The fourth-order valence-corrected chi connectivity index (χ4v) is 7.83. The Hall–Kier alpha value is -1.64. The second-order valence-electron chi connectivity index (χ2n) is 11.7. The molecule has 0 bridgehead atoms. The number of fused-ring (bicyclic) bond motifs is 5. The lowest BCUT2D eigenvalue weighted by Crippen LogP contribution is -2.51. The number of ketones is 1. The number of carbonyl (C=O) groups is 2. The van der Waals surface area contributed by atoms with Gasteiger partial charge in [-0.15, -0.1) is 6.58 Å². The summed E-state index contributed by atoms with van der Waals surface area (Å²) in [5, 5.41) is 0. The van der Waals surface area contributed by atoms with Crippen LogP contribution < -0.4 is 0 Å². The van der Waals surface area contributed by atoms with Crippen molar-refractivity contribution in [2.24, 2.45) is 28.6 Å². The van der Waals surface area contributed by atoms with Gasteiger partial charge in [-0.25, -0.2) is 0 Å². The first kappa shape index (κ1) is 24.5. The lowest BCUT2D eigenvalue weighted by Gasteiger charge is -2.56. The molecule has 3 saturated carbocycles.